The minimum Gasteiger partial charge on any atom is -0.444 e. The Morgan fingerprint density at radius 1 is 1.14 bits per heavy atom. The number of rotatable bonds is 5. The fourth-order valence-corrected chi connectivity index (χ4v) is 4.39. The second-order valence-electron chi connectivity index (χ2n) is 9.24. The predicted molar refractivity (Wildman–Crippen MR) is 110 cm³/mol. The minimum atomic E-state index is -0.465. The predicted octanol–water partition coefficient (Wildman–Crippen LogP) is 4.97. The molecule has 0 aliphatic carbocycles. The molecule has 1 aromatic carbocycles. The lowest BCUT2D eigenvalue weighted by Gasteiger charge is -2.34. The van der Waals surface area contributed by atoms with Gasteiger partial charge in [-0.3, -0.25) is 0 Å². The summed E-state index contributed by atoms with van der Waals surface area (Å²) in [5, 5.41) is 0. The van der Waals surface area contributed by atoms with Crippen LogP contribution in [-0.2, 0) is 11.2 Å². The lowest BCUT2D eigenvalue weighted by Crippen LogP contribution is -2.41. The van der Waals surface area contributed by atoms with Gasteiger partial charge in [0.15, 0.2) is 0 Å². The molecule has 2 saturated heterocycles. The van der Waals surface area contributed by atoms with Crippen molar-refractivity contribution in [1.82, 2.24) is 9.80 Å². The molecule has 0 bridgehead atoms. The van der Waals surface area contributed by atoms with Gasteiger partial charge in [0.05, 0.1) is 0 Å². The maximum Gasteiger partial charge on any atom is 0.410 e. The molecule has 0 saturated carbocycles. The molecule has 3 rings (SSSR count). The third kappa shape index (κ3) is 5.94. The average molecular weight is 391 g/mol. The van der Waals surface area contributed by atoms with Crippen LogP contribution in [0.4, 0.5) is 9.18 Å². The van der Waals surface area contributed by atoms with Gasteiger partial charge >= 0.3 is 6.09 Å². The molecule has 1 aromatic rings. The fourth-order valence-electron chi connectivity index (χ4n) is 4.39. The number of carbonyl (C=O) groups is 1. The first kappa shape index (κ1) is 21.1. The van der Waals surface area contributed by atoms with Gasteiger partial charge in [-0.25, -0.2) is 9.18 Å². The second-order valence-corrected chi connectivity index (χ2v) is 9.24. The van der Waals surface area contributed by atoms with E-state index in [-0.39, 0.29) is 11.9 Å². The second kappa shape index (κ2) is 9.25. The van der Waals surface area contributed by atoms with Crippen LogP contribution in [0.25, 0.3) is 0 Å². The normalized spacial score (nSPS) is 19.2. The lowest BCUT2D eigenvalue weighted by molar-refractivity contribution is 0.0204. The van der Waals surface area contributed by atoms with E-state index in [0.29, 0.717) is 19.0 Å². The summed E-state index contributed by atoms with van der Waals surface area (Å²) >= 11 is 0. The summed E-state index contributed by atoms with van der Waals surface area (Å²) in [6.07, 6.45) is 6.20. The molecule has 156 valence electrons. The Kier molecular flexibility index (Phi) is 6.97. The minimum absolute atomic E-state index is 0.147. The Morgan fingerprint density at radius 2 is 1.82 bits per heavy atom. The van der Waals surface area contributed by atoms with Crippen LogP contribution in [0.1, 0.15) is 69.9 Å². The number of benzene rings is 1. The van der Waals surface area contributed by atoms with Crippen molar-refractivity contribution in [3.05, 3.63) is 35.1 Å². The molecule has 0 spiro atoms. The summed E-state index contributed by atoms with van der Waals surface area (Å²) in [6.45, 7) is 10.6. The van der Waals surface area contributed by atoms with E-state index < -0.39 is 5.60 Å². The van der Waals surface area contributed by atoms with Crippen LogP contribution >= 0.6 is 0 Å². The van der Waals surface area contributed by atoms with Crippen molar-refractivity contribution in [1.29, 1.82) is 0 Å². The van der Waals surface area contributed by atoms with Crippen LogP contribution in [0.5, 0.6) is 0 Å². The molecule has 0 radical (unpaired) electrons. The summed E-state index contributed by atoms with van der Waals surface area (Å²) in [7, 11) is 0. The van der Waals surface area contributed by atoms with Crippen LogP contribution in [0.2, 0.25) is 0 Å². The molecule has 1 amide bonds. The zero-order valence-corrected chi connectivity index (χ0v) is 17.7. The van der Waals surface area contributed by atoms with Crippen molar-refractivity contribution < 1.29 is 13.9 Å². The molecule has 5 heteroatoms. The SMILES string of the molecule is CC(C)(C)OC(=O)N1CCC(c2ccc(F)cc2CCCN2CCCC2)CC1. The first-order valence-corrected chi connectivity index (χ1v) is 10.8. The molecule has 4 nitrogen and oxygen atoms in total. The van der Waals surface area contributed by atoms with E-state index in [9.17, 15) is 9.18 Å². The van der Waals surface area contributed by atoms with Gasteiger partial charge < -0.3 is 14.5 Å². The fraction of sp³-hybridized carbons (Fsp3) is 0.696. The van der Waals surface area contributed by atoms with Crippen molar-refractivity contribution in [2.45, 2.75) is 70.8 Å². The van der Waals surface area contributed by atoms with E-state index in [1.165, 1.54) is 31.5 Å². The van der Waals surface area contributed by atoms with Gasteiger partial charge in [-0.15, -0.1) is 0 Å². The van der Waals surface area contributed by atoms with Crippen LogP contribution in [0.15, 0.2) is 18.2 Å². The number of hydrogen-bond acceptors (Lipinski definition) is 3. The largest absolute Gasteiger partial charge is 0.444 e. The third-order valence-electron chi connectivity index (χ3n) is 5.81. The molecule has 2 aliphatic rings. The molecular formula is C23H35FN2O2. The topological polar surface area (TPSA) is 32.8 Å². The molecule has 28 heavy (non-hydrogen) atoms. The van der Waals surface area contributed by atoms with Crippen molar-refractivity contribution >= 4 is 6.09 Å². The highest BCUT2D eigenvalue weighted by Gasteiger charge is 2.28. The van der Waals surface area contributed by atoms with E-state index in [0.717, 1.165) is 37.8 Å². The number of piperidine rings is 1. The maximum atomic E-state index is 13.9. The van der Waals surface area contributed by atoms with Gasteiger partial charge in [-0.1, -0.05) is 6.07 Å². The summed E-state index contributed by atoms with van der Waals surface area (Å²) < 4.78 is 19.4. The highest BCUT2D eigenvalue weighted by atomic mass is 19.1. The van der Waals surface area contributed by atoms with Crippen molar-refractivity contribution in [2.75, 3.05) is 32.7 Å². The number of nitrogens with zero attached hydrogens (tertiary/aromatic N) is 2. The Morgan fingerprint density at radius 3 is 2.46 bits per heavy atom. The molecule has 0 aromatic heterocycles. The highest BCUT2D eigenvalue weighted by Crippen LogP contribution is 2.32. The highest BCUT2D eigenvalue weighted by molar-refractivity contribution is 5.68. The van der Waals surface area contributed by atoms with Crippen LogP contribution in [-0.4, -0.2) is 54.2 Å². The first-order valence-electron chi connectivity index (χ1n) is 10.8. The monoisotopic (exact) mass is 390 g/mol. The zero-order chi connectivity index (χ0) is 20.1. The van der Waals surface area contributed by atoms with E-state index >= 15 is 0 Å². The van der Waals surface area contributed by atoms with Gasteiger partial charge in [-0.05, 0) is 108 Å². The van der Waals surface area contributed by atoms with Crippen molar-refractivity contribution in [3.63, 3.8) is 0 Å². The van der Waals surface area contributed by atoms with Crippen molar-refractivity contribution in [2.24, 2.45) is 0 Å². The number of amides is 1. The molecule has 0 unspecified atom stereocenters. The first-order chi connectivity index (χ1) is 13.3. The Bertz CT molecular complexity index is 657. The van der Waals surface area contributed by atoms with E-state index in [4.69, 9.17) is 4.74 Å². The van der Waals surface area contributed by atoms with Crippen LogP contribution < -0.4 is 0 Å². The molecule has 0 N–H and O–H groups in total. The Balaban J connectivity index is 1.57. The van der Waals surface area contributed by atoms with Gasteiger partial charge in [0.25, 0.3) is 0 Å². The maximum absolute atomic E-state index is 13.9. The number of carbonyl (C=O) groups excluding carboxylic acids is 1. The summed E-state index contributed by atoms with van der Waals surface area (Å²) in [4.78, 5) is 16.6. The van der Waals surface area contributed by atoms with Crippen molar-refractivity contribution in [3.8, 4) is 0 Å². The standard InChI is InChI=1S/C23H35FN2O2/c1-23(2,3)28-22(27)26-15-10-18(11-16-26)21-9-8-20(24)17-19(21)7-6-14-25-12-4-5-13-25/h8-9,17-18H,4-7,10-16H2,1-3H3. The Labute approximate surface area is 169 Å². The lowest BCUT2D eigenvalue weighted by atomic mass is 9.85. The Hall–Kier alpha value is -1.62. The van der Waals surface area contributed by atoms with E-state index in [1.807, 2.05) is 26.8 Å². The number of hydrogen-bond donors (Lipinski definition) is 0. The summed E-state index contributed by atoms with van der Waals surface area (Å²) in [5.74, 6) is 0.243. The average Bonchev–Trinajstić information content (AvgIpc) is 3.14. The van der Waals surface area contributed by atoms with Gasteiger partial charge in [0, 0.05) is 13.1 Å². The molecular weight excluding hydrogens is 355 g/mol. The van der Waals surface area contributed by atoms with E-state index in [1.54, 1.807) is 17.0 Å². The van der Waals surface area contributed by atoms with Crippen LogP contribution in [0, 0.1) is 5.82 Å². The number of halogens is 1. The van der Waals surface area contributed by atoms with Gasteiger partial charge in [0.1, 0.15) is 11.4 Å². The smallest absolute Gasteiger partial charge is 0.410 e. The third-order valence-corrected chi connectivity index (χ3v) is 5.81. The summed E-state index contributed by atoms with van der Waals surface area (Å²) in [6, 6.07) is 5.27. The molecule has 2 heterocycles. The van der Waals surface area contributed by atoms with Crippen LogP contribution in [0.3, 0.4) is 0 Å². The zero-order valence-electron chi connectivity index (χ0n) is 17.7. The van der Waals surface area contributed by atoms with Gasteiger partial charge in [-0.2, -0.15) is 0 Å². The quantitative estimate of drug-likeness (QED) is 0.712. The van der Waals surface area contributed by atoms with E-state index in [2.05, 4.69) is 4.90 Å². The number of likely N-dealkylation sites (tertiary alicyclic amines) is 2. The van der Waals surface area contributed by atoms with Gasteiger partial charge in [0.2, 0.25) is 0 Å². The molecule has 2 aliphatic heterocycles. The summed E-state index contributed by atoms with van der Waals surface area (Å²) in [5.41, 5.74) is 1.95. The number of aryl methyl sites for hydroxylation is 1. The number of ether oxygens (including phenoxy) is 1. The molecule has 0 atom stereocenters. The molecule has 2 fully saturated rings.